The highest BCUT2D eigenvalue weighted by Gasteiger charge is 2.14. The fourth-order valence-electron chi connectivity index (χ4n) is 2.96. The number of rotatable bonds is 9. The van der Waals surface area contributed by atoms with Crippen molar-refractivity contribution in [1.29, 1.82) is 0 Å². The fraction of sp³-hybridized carbons (Fsp3) is 0.292. The molecule has 0 saturated carbocycles. The highest BCUT2D eigenvalue weighted by atomic mass is 32.2. The topological polar surface area (TPSA) is 59.8 Å². The average molecular weight is 421 g/mol. The summed E-state index contributed by atoms with van der Waals surface area (Å²) in [6, 6.07) is 16.2. The van der Waals surface area contributed by atoms with Crippen LogP contribution in [0.3, 0.4) is 0 Å². The van der Waals surface area contributed by atoms with Crippen LogP contribution in [-0.4, -0.2) is 26.7 Å². The van der Waals surface area contributed by atoms with Crippen molar-refractivity contribution in [1.82, 2.24) is 20.1 Å². The minimum absolute atomic E-state index is 0.0346. The number of nitrogens with zero attached hydrogens (tertiary/aromatic N) is 3. The van der Waals surface area contributed by atoms with Crippen LogP contribution in [-0.2, 0) is 12.3 Å². The number of thioether (sulfide) groups is 1. The number of nitrogens with one attached hydrogen (secondary N) is 1. The second kappa shape index (κ2) is 10.3. The van der Waals surface area contributed by atoms with E-state index in [1.807, 2.05) is 37.3 Å². The number of allylic oxidation sites excluding steroid dienone is 1. The van der Waals surface area contributed by atoms with E-state index in [2.05, 4.69) is 64.8 Å². The molecule has 0 aliphatic carbocycles. The number of amides is 1. The average Bonchev–Trinajstić information content (AvgIpc) is 3.15. The first kappa shape index (κ1) is 21.8. The normalized spacial score (nSPS) is 11.8. The molecule has 0 saturated heterocycles. The quantitative estimate of drug-likeness (QED) is 0.379. The highest BCUT2D eigenvalue weighted by Crippen LogP contribution is 2.27. The lowest BCUT2D eigenvalue weighted by Gasteiger charge is -2.12. The van der Waals surface area contributed by atoms with Crippen molar-refractivity contribution < 1.29 is 4.79 Å². The fourth-order valence-corrected chi connectivity index (χ4v) is 3.86. The standard InChI is InChI=1S/C24H28N4OS/c1-5-14-28-22(20-12-10-17(3)11-13-20)26-27-24(28)30-16-19-8-7-9-21(15-19)23(29)25-18(4)6-2/h5,7-13,15,18H,1,6,14,16H2,2-4H3,(H,25,29)/t18-/m1/s1. The number of carbonyl (C=O) groups is 1. The number of carbonyl (C=O) groups excluding carboxylic acids is 1. The van der Waals surface area contributed by atoms with Gasteiger partial charge in [0.25, 0.3) is 5.91 Å². The Kier molecular flexibility index (Phi) is 7.46. The maximum Gasteiger partial charge on any atom is 0.251 e. The Labute approximate surface area is 182 Å². The van der Waals surface area contributed by atoms with E-state index in [4.69, 9.17) is 0 Å². The summed E-state index contributed by atoms with van der Waals surface area (Å²) in [6.07, 6.45) is 2.76. The van der Waals surface area contributed by atoms with Crippen LogP contribution < -0.4 is 5.32 Å². The van der Waals surface area contributed by atoms with Gasteiger partial charge in [-0.1, -0.05) is 66.7 Å². The van der Waals surface area contributed by atoms with Crippen molar-refractivity contribution in [2.24, 2.45) is 0 Å². The second-order valence-corrected chi connectivity index (χ2v) is 8.29. The molecule has 0 spiro atoms. The van der Waals surface area contributed by atoms with Crippen molar-refractivity contribution in [3.8, 4) is 11.4 Å². The SMILES string of the molecule is C=CCn1c(SCc2cccc(C(=O)N[C@H](C)CC)c2)nnc1-c1ccc(C)cc1. The maximum atomic E-state index is 12.4. The van der Waals surface area contributed by atoms with Crippen LogP contribution in [0.15, 0.2) is 66.3 Å². The molecule has 1 N–H and O–H groups in total. The second-order valence-electron chi connectivity index (χ2n) is 7.34. The van der Waals surface area contributed by atoms with E-state index in [9.17, 15) is 4.79 Å². The van der Waals surface area contributed by atoms with E-state index in [1.54, 1.807) is 11.8 Å². The molecule has 0 bridgehead atoms. The molecule has 156 valence electrons. The van der Waals surface area contributed by atoms with Crippen molar-refractivity contribution in [2.45, 2.75) is 50.7 Å². The van der Waals surface area contributed by atoms with E-state index in [1.165, 1.54) is 5.56 Å². The molecule has 1 heterocycles. The van der Waals surface area contributed by atoms with E-state index in [0.717, 1.165) is 28.5 Å². The lowest BCUT2D eigenvalue weighted by atomic mass is 10.1. The molecule has 3 aromatic rings. The first-order valence-electron chi connectivity index (χ1n) is 10.2. The maximum absolute atomic E-state index is 12.4. The minimum Gasteiger partial charge on any atom is -0.350 e. The van der Waals surface area contributed by atoms with Crippen LogP contribution >= 0.6 is 11.8 Å². The highest BCUT2D eigenvalue weighted by molar-refractivity contribution is 7.98. The zero-order chi connectivity index (χ0) is 21.5. The van der Waals surface area contributed by atoms with Gasteiger partial charge in [0.05, 0.1) is 0 Å². The Hall–Kier alpha value is -2.86. The summed E-state index contributed by atoms with van der Waals surface area (Å²) in [6.45, 7) is 10.6. The van der Waals surface area contributed by atoms with Gasteiger partial charge in [-0.15, -0.1) is 16.8 Å². The summed E-state index contributed by atoms with van der Waals surface area (Å²) < 4.78 is 2.07. The molecule has 1 amide bonds. The van der Waals surface area contributed by atoms with Crippen LogP contribution in [0.4, 0.5) is 0 Å². The molecule has 1 atom stereocenters. The lowest BCUT2D eigenvalue weighted by molar-refractivity contribution is 0.0939. The van der Waals surface area contributed by atoms with Crippen LogP contribution in [0, 0.1) is 6.92 Å². The molecule has 30 heavy (non-hydrogen) atoms. The third kappa shape index (κ3) is 5.39. The van der Waals surface area contributed by atoms with Gasteiger partial charge in [0.1, 0.15) is 0 Å². The molecule has 0 radical (unpaired) electrons. The third-order valence-corrected chi connectivity index (χ3v) is 5.92. The summed E-state index contributed by atoms with van der Waals surface area (Å²) >= 11 is 1.61. The molecule has 5 nitrogen and oxygen atoms in total. The molecular weight excluding hydrogens is 392 g/mol. The van der Waals surface area contributed by atoms with Crippen LogP contribution in [0.25, 0.3) is 11.4 Å². The summed E-state index contributed by atoms with van der Waals surface area (Å²) in [5, 5.41) is 12.7. The predicted molar refractivity (Wildman–Crippen MR) is 124 cm³/mol. The van der Waals surface area contributed by atoms with Gasteiger partial charge in [-0.2, -0.15) is 0 Å². The van der Waals surface area contributed by atoms with Gasteiger partial charge in [-0.05, 0) is 38.0 Å². The van der Waals surface area contributed by atoms with E-state index < -0.39 is 0 Å². The van der Waals surface area contributed by atoms with Crippen molar-refractivity contribution in [3.05, 3.63) is 77.9 Å². The zero-order valence-corrected chi connectivity index (χ0v) is 18.6. The zero-order valence-electron chi connectivity index (χ0n) is 17.8. The Bertz CT molecular complexity index is 1010. The van der Waals surface area contributed by atoms with Gasteiger partial charge in [-0.25, -0.2) is 0 Å². The van der Waals surface area contributed by atoms with Gasteiger partial charge in [-0.3, -0.25) is 9.36 Å². The molecule has 0 aliphatic heterocycles. The van der Waals surface area contributed by atoms with Crippen molar-refractivity contribution in [2.75, 3.05) is 0 Å². The lowest BCUT2D eigenvalue weighted by Crippen LogP contribution is -2.31. The Balaban J connectivity index is 1.76. The first-order chi connectivity index (χ1) is 14.5. The first-order valence-corrected chi connectivity index (χ1v) is 11.1. The minimum atomic E-state index is -0.0346. The van der Waals surface area contributed by atoms with Crippen LogP contribution in [0.5, 0.6) is 0 Å². The molecule has 0 aliphatic rings. The Morgan fingerprint density at radius 2 is 2.00 bits per heavy atom. The Morgan fingerprint density at radius 3 is 2.70 bits per heavy atom. The molecular formula is C24H28N4OS. The van der Waals surface area contributed by atoms with E-state index >= 15 is 0 Å². The monoisotopic (exact) mass is 420 g/mol. The number of hydrogen-bond acceptors (Lipinski definition) is 4. The van der Waals surface area contributed by atoms with Gasteiger partial charge in [0.15, 0.2) is 11.0 Å². The molecule has 6 heteroatoms. The largest absolute Gasteiger partial charge is 0.350 e. The van der Waals surface area contributed by atoms with E-state index in [-0.39, 0.29) is 11.9 Å². The van der Waals surface area contributed by atoms with E-state index in [0.29, 0.717) is 17.9 Å². The third-order valence-electron chi connectivity index (χ3n) is 4.89. The van der Waals surface area contributed by atoms with Gasteiger partial charge in [0.2, 0.25) is 0 Å². The van der Waals surface area contributed by atoms with Crippen LogP contribution in [0.1, 0.15) is 41.8 Å². The van der Waals surface area contributed by atoms with Crippen molar-refractivity contribution in [3.63, 3.8) is 0 Å². The van der Waals surface area contributed by atoms with Crippen molar-refractivity contribution >= 4 is 17.7 Å². The molecule has 2 aromatic carbocycles. The number of aromatic nitrogens is 3. The van der Waals surface area contributed by atoms with Gasteiger partial charge in [0, 0.05) is 29.5 Å². The van der Waals surface area contributed by atoms with Crippen LogP contribution in [0.2, 0.25) is 0 Å². The van der Waals surface area contributed by atoms with Gasteiger partial charge < -0.3 is 5.32 Å². The number of aryl methyl sites for hydroxylation is 1. The number of benzene rings is 2. The smallest absolute Gasteiger partial charge is 0.251 e. The molecule has 0 unspecified atom stereocenters. The summed E-state index contributed by atoms with van der Waals surface area (Å²) in [5.74, 6) is 1.50. The molecule has 3 rings (SSSR count). The summed E-state index contributed by atoms with van der Waals surface area (Å²) in [4.78, 5) is 12.4. The number of hydrogen-bond donors (Lipinski definition) is 1. The van der Waals surface area contributed by atoms with Gasteiger partial charge >= 0.3 is 0 Å². The predicted octanol–water partition coefficient (Wildman–Crippen LogP) is 5.26. The molecule has 0 fully saturated rings. The molecule has 1 aromatic heterocycles. The Morgan fingerprint density at radius 1 is 1.23 bits per heavy atom. The summed E-state index contributed by atoms with van der Waals surface area (Å²) in [7, 11) is 0. The summed E-state index contributed by atoms with van der Waals surface area (Å²) in [5.41, 5.74) is 3.99.